The van der Waals surface area contributed by atoms with Crippen molar-refractivity contribution in [1.29, 1.82) is 0 Å². The third-order valence-corrected chi connectivity index (χ3v) is 3.68. The van der Waals surface area contributed by atoms with Crippen LogP contribution in [0.25, 0.3) is 0 Å². The molecule has 1 aromatic rings. The van der Waals surface area contributed by atoms with E-state index in [9.17, 15) is 9.18 Å². The lowest BCUT2D eigenvalue weighted by molar-refractivity contribution is 0.101. The molecule has 110 valence electrons. The molecule has 0 spiro atoms. The molecule has 1 fully saturated rings. The molecule has 2 rings (SSSR count). The van der Waals surface area contributed by atoms with E-state index in [1.54, 1.807) is 12.1 Å². The molecule has 3 nitrogen and oxygen atoms in total. The summed E-state index contributed by atoms with van der Waals surface area (Å²) >= 11 is 0. The van der Waals surface area contributed by atoms with Crippen LogP contribution in [0.15, 0.2) is 18.2 Å². The highest BCUT2D eigenvalue weighted by Crippen LogP contribution is 2.26. The number of hydrogen-bond donors (Lipinski definition) is 0. The number of para-hydroxylation sites is 1. The van der Waals surface area contributed by atoms with Gasteiger partial charge in [-0.05, 0) is 25.0 Å². The number of ketones is 1. The summed E-state index contributed by atoms with van der Waals surface area (Å²) < 4.78 is 14.1. The molecule has 0 unspecified atom stereocenters. The lowest BCUT2D eigenvalue weighted by atomic mass is 10.1. The third kappa shape index (κ3) is 3.37. The van der Waals surface area contributed by atoms with Crippen LogP contribution in [0.4, 0.5) is 10.1 Å². The van der Waals surface area contributed by atoms with Crippen molar-refractivity contribution >= 4 is 11.5 Å². The molecule has 0 atom stereocenters. The minimum atomic E-state index is -0.296. The average Bonchev–Trinajstić information content (AvgIpc) is 2.39. The van der Waals surface area contributed by atoms with Crippen LogP contribution < -0.4 is 4.90 Å². The Morgan fingerprint density at radius 2 is 1.90 bits per heavy atom. The van der Waals surface area contributed by atoms with Gasteiger partial charge in [-0.1, -0.05) is 19.9 Å². The Balaban J connectivity index is 2.13. The van der Waals surface area contributed by atoms with Gasteiger partial charge in [0.15, 0.2) is 5.78 Å². The predicted octanol–water partition coefficient (Wildman–Crippen LogP) is 2.81. The number of carbonyl (C=O) groups is 1. The van der Waals surface area contributed by atoms with Crippen LogP contribution in [0, 0.1) is 11.7 Å². The third-order valence-electron chi connectivity index (χ3n) is 3.68. The summed E-state index contributed by atoms with van der Waals surface area (Å²) in [7, 11) is 0. The van der Waals surface area contributed by atoms with E-state index in [1.165, 1.54) is 13.0 Å². The first-order valence-electron chi connectivity index (χ1n) is 7.25. The van der Waals surface area contributed by atoms with E-state index in [0.29, 0.717) is 17.2 Å². The Labute approximate surface area is 120 Å². The molecule has 4 heteroatoms. The molecule has 0 saturated carbocycles. The molecule has 1 saturated heterocycles. The van der Waals surface area contributed by atoms with Gasteiger partial charge in [0.05, 0.1) is 5.69 Å². The summed E-state index contributed by atoms with van der Waals surface area (Å²) in [5.41, 5.74) is 0.964. The standard InChI is InChI=1S/C16H23FN2O/c1-12(2)11-18-7-9-19(10-8-18)16-14(13(3)20)5-4-6-15(16)17/h4-6,12H,7-11H2,1-3H3. The first kappa shape index (κ1) is 15.0. The number of Topliss-reactive ketones (excluding diaryl/α,β-unsaturated/α-hetero) is 1. The van der Waals surface area contributed by atoms with Crippen molar-refractivity contribution in [2.75, 3.05) is 37.6 Å². The molecule has 20 heavy (non-hydrogen) atoms. The van der Waals surface area contributed by atoms with Gasteiger partial charge in [0.2, 0.25) is 0 Å². The van der Waals surface area contributed by atoms with E-state index in [0.717, 1.165) is 32.7 Å². The number of anilines is 1. The number of rotatable bonds is 4. The van der Waals surface area contributed by atoms with Crippen LogP contribution in [-0.4, -0.2) is 43.4 Å². The minimum absolute atomic E-state index is 0.0795. The van der Waals surface area contributed by atoms with Crippen LogP contribution >= 0.6 is 0 Å². The van der Waals surface area contributed by atoms with Gasteiger partial charge in [-0.3, -0.25) is 9.69 Å². The van der Waals surface area contributed by atoms with Gasteiger partial charge >= 0.3 is 0 Å². The SMILES string of the molecule is CC(=O)c1cccc(F)c1N1CCN(CC(C)C)CC1. The summed E-state index contributed by atoms with van der Waals surface area (Å²) in [6.07, 6.45) is 0. The highest BCUT2D eigenvalue weighted by molar-refractivity contribution is 5.99. The molecule has 1 heterocycles. The van der Waals surface area contributed by atoms with Crippen LogP contribution in [-0.2, 0) is 0 Å². The van der Waals surface area contributed by atoms with Crippen molar-refractivity contribution in [3.8, 4) is 0 Å². The molecule has 0 amide bonds. The van der Waals surface area contributed by atoms with Gasteiger partial charge in [-0.15, -0.1) is 0 Å². The van der Waals surface area contributed by atoms with Crippen LogP contribution in [0.5, 0.6) is 0 Å². The van der Waals surface area contributed by atoms with Gasteiger partial charge < -0.3 is 4.90 Å². The number of benzene rings is 1. The highest BCUT2D eigenvalue weighted by atomic mass is 19.1. The zero-order chi connectivity index (χ0) is 14.7. The zero-order valence-electron chi connectivity index (χ0n) is 12.5. The fourth-order valence-corrected chi connectivity index (χ4v) is 2.79. The molecule has 0 radical (unpaired) electrons. The highest BCUT2D eigenvalue weighted by Gasteiger charge is 2.23. The van der Waals surface area contributed by atoms with Crippen molar-refractivity contribution in [1.82, 2.24) is 4.90 Å². The molecule has 0 bridgehead atoms. The van der Waals surface area contributed by atoms with Crippen molar-refractivity contribution in [3.63, 3.8) is 0 Å². The topological polar surface area (TPSA) is 23.6 Å². The monoisotopic (exact) mass is 278 g/mol. The van der Waals surface area contributed by atoms with E-state index < -0.39 is 0 Å². The molecule has 0 aromatic heterocycles. The molecule has 0 aliphatic carbocycles. The van der Waals surface area contributed by atoms with Crippen molar-refractivity contribution in [2.24, 2.45) is 5.92 Å². The van der Waals surface area contributed by atoms with Crippen molar-refractivity contribution in [2.45, 2.75) is 20.8 Å². The average molecular weight is 278 g/mol. The Morgan fingerprint density at radius 1 is 1.25 bits per heavy atom. The summed E-state index contributed by atoms with van der Waals surface area (Å²) in [5.74, 6) is 0.266. The van der Waals surface area contributed by atoms with Crippen LogP contribution in [0.2, 0.25) is 0 Å². The lowest BCUT2D eigenvalue weighted by Crippen LogP contribution is -2.48. The Hall–Kier alpha value is -1.42. The minimum Gasteiger partial charge on any atom is -0.366 e. The number of halogens is 1. The summed E-state index contributed by atoms with van der Waals surface area (Å²) in [6.45, 7) is 10.4. The molecular weight excluding hydrogens is 255 g/mol. The van der Waals surface area contributed by atoms with Crippen LogP contribution in [0.3, 0.4) is 0 Å². The Kier molecular flexibility index (Phi) is 4.76. The molecule has 1 aromatic carbocycles. The van der Waals surface area contributed by atoms with E-state index in [1.807, 2.05) is 4.90 Å². The van der Waals surface area contributed by atoms with E-state index in [4.69, 9.17) is 0 Å². The maximum Gasteiger partial charge on any atom is 0.161 e. The molecule has 1 aliphatic heterocycles. The maximum atomic E-state index is 14.1. The van der Waals surface area contributed by atoms with Gasteiger partial charge in [0, 0.05) is 38.3 Å². The smallest absolute Gasteiger partial charge is 0.161 e. The van der Waals surface area contributed by atoms with Crippen LogP contribution in [0.1, 0.15) is 31.1 Å². The molecule has 0 N–H and O–H groups in total. The molecular formula is C16H23FN2O. The largest absolute Gasteiger partial charge is 0.366 e. The first-order chi connectivity index (χ1) is 9.49. The van der Waals surface area contributed by atoms with Gasteiger partial charge in [0.25, 0.3) is 0 Å². The number of hydrogen-bond acceptors (Lipinski definition) is 3. The van der Waals surface area contributed by atoms with Gasteiger partial charge in [0.1, 0.15) is 5.82 Å². The van der Waals surface area contributed by atoms with Gasteiger partial charge in [-0.2, -0.15) is 0 Å². The quantitative estimate of drug-likeness (QED) is 0.791. The number of piperazine rings is 1. The second-order valence-corrected chi connectivity index (χ2v) is 5.87. The first-order valence-corrected chi connectivity index (χ1v) is 7.25. The number of carbonyl (C=O) groups excluding carboxylic acids is 1. The van der Waals surface area contributed by atoms with E-state index in [2.05, 4.69) is 18.7 Å². The predicted molar refractivity (Wildman–Crippen MR) is 79.9 cm³/mol. The fraction of sp³-hybridized carbons (Fsp3) is 0.562. The second kappa shape index (κ2) is 6.35. The lowest BCUT2D eigenvalue weighted by Gasteiger charge is -2.37. The normalized spacial score (nSPS) is 16.8. The fourth-order valence-electron chi connectivity index (χ4n) is 2.79. The molecule has 1 aliphatic rings. The van der Waals surface area contributed by atoms with E-state index >= 15 is 0 Å². The summed E-state index contributed by atoms with van der Waals surface area (Å²) in [6, 6.07) is 4.74. The Bertz CT molecular complexity index is 479. The summed E-state index contributed by atoms with van der Waals surface area (Å²) in [5, 5.41) is 0. The maximum absolute atomic E-state index is 14.1. The van der Waals surface area contributed by atoms with Crippen molar-refractivity contribution < 1.29 is 9.18 Å². The second-order valence-electron chi connectivity index (χ2n) is 5.87. The number of nitrogens with zero attached hydrogens (tertiary/aromatic N) is 2. The van der Waals surface area contributed by atoms with E-state index in [-0.39, 0.29) is 11.6 Å². The van der Waals surface area contributed by atoms with Gasteiger partial charge in [-0.25, -0.2) is 4.39 Å². The summed E-state index contributed by atoms with van der Waals surface area (Å²) in [4.78, 5) is 16.1. The Morgan fingerprint density at radius 3 is 2.45 bits per heavy atom. The van der Waals surface area contributed by atoms with Crippen molar-refractivity contribution in [3.05, 3.63) is 29.6 Å². The zero-order valence-corrected chi connectivity index (χ0v) is 12.5.